The summed E-state index contributed by atoms with van der Waals surface area (Å²) >= 11 is 1.03. The molecule has 0 spiro atoms. The van der Waals surface area contributed by atoms with E-state index in [1.54, 1.807) is 19.4 Å². The molecule has 1 atom stereocenters. The van der Waals surface area contributed by atoms with Crippen LogP contribution in [0.25, 0.3) is 10.9 Å². The lowest BCUT2D eigenvalue weighted by Crippen LogP contribution is -2.45. The van der Waals surface area contributed by atoms with Gasteiger partial charge in [0.25, 0.3) is 0 Å². The SMILES string of the molecule is COc1ccc2ncc(C)c(C(O)CCC3(C(=O)O)CCN(CCSc4cc(F)cc(F)c4F)CC3)c2c1. The molecular formula is C28H31F3N2O4S. The van der Waals surface area contributed by atoms with Crippen molar-refractivity contribution in [2.24, 2.45) is 5.41 Å². The van der Waals surface area contributed by atoms with Gasteiger partial charge in [-0.15, -0.1) is 11.8 Å². The maximum atomic E-state index is 13.9. The van der Waals surface area contributed by atoms with E-state index in [9.17, 15) is 28.2 Å². The molecule has 1 fully saturated rings. The fourth-order valence-corrected chi connectivity index (χ4v) is 6.11. The number of carboxylic acids is 1. The molecule has 10 heteroatoms. The molecule has 38 heavy (non-hydrogen) atoms. The average Bonchev–Trinajstić information content (AvgIpc) is 2.90. The van der Waals surface area contributed by atoms with Crippen molar-refractivity contribution >= 4 is 28.6 Å². The molecule has 1 aromatic heterocycles. The average molecular weight is 549 g/mol. The number of nitrogens with zero attached hydrogens (tertiary/aromatic N) is 2. The van der Waals surface area contributed by atoms with Gasteiger partial charge in [0.15, 0.2) is 11.6 Å². The van der Waals surface area contributed by atoms with Crippen LogP contribution >= 0.6 is 11.8 Å². The third-order valence-corrected chi connectivity index (χ3v) is 8.43. The van der Waals surface area contributed by atoms with Crippen molar-refractivity contribution in [3.63, 3.8) is 0 Å². The predicted octanol–water partition coefficient (Wildman–Crippen LogP) is 5.74. The van der Waals surface area contributed by atoms with Gasteiger partial charge in [-0.25, -0.2) is 13.2 Å². The molecule has 0 saturated carbocycles. The molecule has 1 saturated heterocycles. The number of halogens is 3. The number of aliphatic hydroxyl groups is 1. The number of fused-ring (bicyclic) bond motifs is 1. The first-order valence-corrected chi connectivity index (χ1v) is 13.5. The highest BCUT2D eigenvalue weighted by atomic mass is 32.2. The van der Waals surface area contributed by atoms with Crippen molar-refractivity contribution in [2.45, 2.75) is 43.6 Å². The summed E-state index contributed by atoms with van der Waals surface area (Å²) in [5.74, 6) is -2.92. The molecule has 204 valence electrons. The molecule has 1 unspecified atom stereocenters. The van der Waals surface area contributed by atoms with Crippen molar-refractivity contribution in [3.05, 3.63) is 65.1 Å². The van der Waals surface area contributed by atoms with Crippen LogP contribution in [0.15, 0.2) is 41.4 Å². The molecule has 1 aliphatic heterocycles. The number of aliphatic carboxylic acids is 1. The molecular weight excluding hydrogens is 517 g/mol. The number of aryl methyl sites for hydroxylation is 1. The first-order valence-electron chi connectivity index (χ1n) is 12.5. The van der Waals surface area contributed by atoms with Gasteiger partial charge in [0, 0.05) is 34.8 Å². The van der Waals surface area contributed by atoms with Crippen LogP contribution in [0.1, 0.15) is 42.9 Å². The lowest BCUT2D eigenvalue weighted by molar-refractivity contribution is -0.153. The highest BCUT2D eigenvalue weighted by Crippen LogP contribution is 2.40. The highest BCUT2D eigenvalue weighted by molar-refractivity contribution is 7.99. The minimum absolute atomic E-state index is 0.0788. The summed E-state index contributed by atoms with van der Waals surface area (Å²) < 4.78 is 46.1. The largest absolute Gasteiger partial charge is 0.497 e. The molecule has 0 radical (unpaired) electrons. The zero-order chi connectivity index (χ0) is 27.4. The molecule has 2 N–H and O–H groups in total. The number of benzene rings is 2. The van der Waals surface area contributed by atoms with Crippen LogP contribution in [0.4, 0.5) is 13.2 Å². The second-order valence-corrected chi connectivity index (χ2v) is 10.9. The number of carbonyl (C=O) groups is 1. The Morgan fingerprint density at radius 2 is 1.95 bits per heavy atom. The summed E-state index contributed by atoms with van der Waals surface area (Å²) in [6, 6.07) is 6.96. The number of piperidine rings is 1. The van der Waals surface area contributed by atoms with Crippen molar-refractivity contribution in [1.82, 2.24) is 9.88 Å². The monoisotopic (exact) mass is 548 g/mol. The summed E-state index contributed by atoms with van der Waals surface area (Å²) in [7, 11) is 1.57. The van der Waals surface area contributed by atoms with E-state index < -0.39 is 34.9 Å². The smallest absolute Gasteiger partial charge is 0.309 e. The van der Waals surface area contributed by atoms with Crippen molar-refractivity contribution in [3.8, 4) is 5.75 Å². The topological polar surface area (TPSA) is 82.9 Å². The first-order chi connectivity index (χ1) is 18.1. The Labute approximate surface area is 223 Å². The number of aromatic nitrogens is 1. The zero-order valence-corrected chi connectivity index (χ0v) is 22.2. The van der Waals surface area contributed by atoms with Crippen LogP contribution in [0.5, 0.6) is 5.75 Å². The molecule has 2 heterocycles. The molecule has 6 nitrogen and oxygen atoms in total. The number of ether oxygens (including phenoxy) is 1. The summed E-state index contributed by atoms with van der Waals surface area (Å²) in [6.45, 7) is 3.46. The Morgan fingerprint density at radius 1 is 1.21 bits per heavy atom. The van der Waals surface area contributed by atoms with Gasteiger partial charge in [0.05, 0.1) is 24.1 Å². The van der Waals surface area contributed by atoms with E-state index in [0.29, 0.717) is 56.5 Å². The van der Waals surface area contributed by atoms with E-state index >= 15 is 0 Å². The Hall–Kier alpha value is -2.82. The van der Waals surface area contributed by atoms with Crippen LogP contribution in [0.3, 0.4) is 0 Å². The quantitative estimate of drug-likeness (QED) is 0.247. The van der Waals surface area contributed by atoms with Gasteiger partial charge in [-0.2, -0.15) is 0 Å². The van der Waals surface area contributed by atoms with Gasteiger partial charge in [-0.3, -0.25) is 9.78 Å². The molecule has 1 aliphatic rings. The van der Waals surface area contributed by atoms with Gasteiger partial charge in [-0.1, -0.05) is 0 Å². The molecule has 0 amide bonds. The molecule has 0 bridgehead atoms. The van der Waals surface area contributed by atoms with E-state index in [-0.39, 0.29) is 11.3 Å². The lowest BCUT2D eigenvalue weighted by Gasteiger charge is -2.39. The van der Waals surface area contributed by atoms with E-state index in [1.165, 1.54) is 0 Å². The van der Waals surface area contributed by atoms with Crippen LogP contribution in [0.2, 0.25) is 0 Å². The summed E-state index contributed by atoms with van der Waals surface area (Å²) in [6.07, 6.45) is 2.26. The number of likely N-dealkylation sites (tertiary alicyclic amines) is 1. The number of thioether (sulfide) groups is 1. The summed E-state index contributed by atoms with van der Waals surface area (Å²) in [5.41, 5.74) is 1.32. The van der Waals surface area contributed by atoms with E-state index in [1.807, 2.05) is 19.1 Å². The van der Waals surface area contributed by atoms with Crippen molar-refractivity contribution < 1.29 is 32.9 Å². The lowest BCUT2D eigenvalue weighted by atomic mass is 9.74. The maximum absolute atomic E-state index is 13.9. The van der Waals surface area contributed by atoms with Gasteiger partial charge in [-0.05, 0) is 81.1 Å². The number of aliphatic hydroxyl groups excluding tert-OH is 1. The summed E-state index contributed by atoms with van der Waals surface area (Å²) in [4.78, 5) is 18.8. The Kier molecular flexibility index (Phi) is 8.85. The Bertz CT molecular complexity index is 1310. The van der Waals surface area contributed by atoms with Gasteiger partial charge < -0.3 is 19.8 Å². The number of hydrogen-bond acceptors (Lipinski definition) is 6. The number of hydrogen-bond donors (Lipinski definition) is 2. The van der Waals surface area contributed by atoms with Crippen LogP contribution < -0.4 is 4.74 Å². The van der Waals surface area contributed by atoms with Gasteiger partial charge in [0.1, 0.15) is 11.6 Å². The Balaban J connectivity index is 1.37. The van der Waals surface area contributed by atoms with Gasteiger partial charge in [0.2, 0.25) is 0 Å². The van der Waals surface area contributed by atoms with Crippen LogP contribution in [0, 0.1) is 29.8 Å². The normalized spacial score (nSPS) is 16.5. The van der Waals surface area contributed by atoms with Crippen molar-refractivity contribution in [2.75, 3.05) is 32.5 Å². The highest BCUT2D eigenvalue weighted by Gasteiger charge is 2.41. The standard InChI is InChI=1S/C28H31F3N2O4S/c1-17-16-32-22-4-3-19(37-2)15-20(22)25(17)23(34)5-6-28(27(35)36)7-9-33(10-8-28)11-12-38-24-14-18(29)13-21(30)26(24)31/h3-4,13-16,23,34H,5-12H2,1-2H3,(H,35,36). The third-order valence-electron chi connectivity index (χ3n) is 7.44. The number of carboxylic acid groups (broad SMARTS) is 1. The number of methoxy groups -OCH3 is 1. The second kappa shape index (κ2) is 11.9. The maximum Gasteiger partial charge on any atom is 0.309 e. The minimum Gasteiger partial charge on any atom is -0.497 e. The molecule has 0 aliphatic carbocycles. The first kappa shape index (κ1) is 28.2. The van der Waals surface area contributed by atoms with Crippen molar-refractivity contribution in [1.29, 1.82) is 0 Å². The second-order valence-electron chi connectivity index (χ2n) is 9.77. The number of rotatable bonds is 10. The number of pyridine rings is 1. The molecule has 3 aromatic rings. The fraction of sp³-hybridized carbons (Fsp3) is 0.429. The minimum atomic E-state index is -1.21. The molecule has 4 rings (SSSR count). The predicted molar refractivity (Wildman–Crippen MR) is 140 cm³/mol. The third kappa shape index (κ3) is 6.08. The van der Waals surface area contributed by atoms with E-state index in [0.717, 1.165) is 39.9 Å². The zero-order valence-electron chi connectivity index (χ0n) is 21.3. The van der Waals surface area contributed by atoms with Crippen LogP contribution in [-0.4, -0.2) is 58.6 Å². The Morgan fingerprint density at radius 3 is 2.63 bits per heavy atom. The van der Waals surface area contributed by atoms with Gasteiger partial charge >= 0.3 is 5.97 Å². The fourth-order valence-electron chi connectivity index (χ4n) is 5.12. The van der Waals surface area contributed by atoms with Crippen LogP contribution in [-0.2, 0) is 4.79 Å². The van der Waals surface area contributed by atoms with E-state index in [2.05, 4.69) is 9.88 Å². The summed E-state index contributed by atoms with van der Waals surface area (Å²) in [5, 5.41) is 22.1. The van der Waals surface area contributed by atoms with E-state index in [4.69, 9.17) is 4.74 Å². The molecule has 2 aromatic carbocycles.